The van der Waals surface area contributed by atoms with Gasteiger partial charge in [-0.05, 0) is 43.0 Å². The van der Waals surface area contributed by atoms with Crippen molar-refractivity contribution in [3.8, 4) is 5.75 Å². The SMILES string of the molecule is C[C@@H]1CCCN(C(=O)[C@@H]2CN(S(=O)(=O)c3ccccc3)c3ccccc3O2)C1. The summed E-state index contributed by atoms with van der Waals surface area (Å²) >= 11 is 0. The number of hydrogen-bond acceptors (Lipinski definition) is 4. The molecule has 0 bridgehead atoms. The Morgan fingerprint density at radius 1 is 1.04 bits per heavy atom. The Bertz CT molecular complexity index is 961. The van der Waals surface area contributed by atoms with Gasteiger partial charge in [0, 0.05) is 13.1 Å². The van der Waals surface area contributed by atoms with Crippen LogP contribution in [0.3, 0.4) is 0 Å². The quantitative estimate of drug-likeness (QED) is 0.795. The number of rotatable bonds is 3. The number of hydrogen-bond donors (Lipinski definition) is 0. The molecule has 2 heterocycles. The number of anilines is 1. The number of amides is 1. The van der Waals surface area contributed by atoms with Crippen LogP contribution in [-0.2, 0) is 14.8 Å². The van der Waals surface area contributed by atoms with Crippen LogP contribution in [0.1, 0.15) is 19.8 Å². The Kier molecular flexibility index (Phi) is 5.02. The molecule has 0 unspecified atom stereocenters. The predicted molar refractivity (Wildman–Crippen MR) is 107 cm³/mol. The Morgan fingerprint density at radius 2 is 1.75 bits per heavy atom. The second-order valence-electron chi connectivity index (χ2n) is 7.46. The van der Waals surface area contributed by atoms with Gasteiger partial charge >= 0.3 is 0 Å². The first-order valence-electron chi connectivity index (χ1n) is 9.59. The molecule has 0 aliphatic carbocycles. The van der Waals surface area contributed by atoms with Gasteiger partial charge in [0.1, 0.15) is 5.75 Å². The number of fused-ring (bicyclic) bond motifs is 1. The average molecular weight is 401 g/mol. The van der Waals surface area contributed by atoms with Crippen molar-refractivity contribution < 1.29 is 17.9 Å². The maximum Gasteiger partial charge on any atom is 0.265 e. The summed E-state index contributed by atoms with van der Waals surface area (Å²) in [6.07, 6.45) is 1.22. The minimum atomic E-state index is -3.80. The summed E-state index contributed by atoms with van der Waals surface area (Å²) in [5.41, 5.74) is 0.461. The van der Waals surface area contributed by atoms with E-state index in [1.54, 1.807) is 59.5 Å². The Balaban J connectivity index is 1.68. The Labute approximate surface area is 165 Å². The Morgan fingerprint density at radius 3 is 2.50 bits per heavy atom. The third-order valence-corrected chi connectivity index (χ3v) is 7.10. The van der Waals surface area contributed by atoms with Crippen molar-refractivity contribution in [2.24, 2.45) is 5.92 Å². The number of sulfonamides is 1. The molecule has 1 amide bonds. The normalized spacial score (nSPS) is 22.3. The highest BCUT2D eigenvalue weighted by Crippen LogP contribution is 2.37. The van der Waals surface area contributed by atoms with Crippen molar-refractivity contribution in [3.63, 3.8) is 0 Å². The van der Waals surface area contributed by atoms with Crippen LogP contribution in [0.2, 0.25) is 0 Å². The van der Waals surface area contributed by atoms with E-state index in [4.69, 9.17) is 4.74 Å². The lowest BCUT2D eigenvalue weighted by molar-refractivity contribution is -0.140. The van der Waals surface area contributed by atoms with Crippen molar-refractivity contribution >= 4 is 21.6 Å². The molecule has 6 nitrogen and oxygen atoms in total. The number of nitrogens with zero attached hydrogens (tertiary/aromatic N) is 2. The van der Waals surface area contributed by atoms with Crippen LogP contribution in [0.25, 0.3) is 0 Å². The van der Waals surface area contributed by atoms with Gasteiger partial charge in [0.15, 0.2) is 6.10 Å². The number of piperidine rings is 1. The molecule has 2 aromatic rings. The molecule has 148 valence electrons. The highest BCUT2D eigenvalue weighted by molar-refractivity contribution is 7.92. The first kappa shape index (κ1) is 18.8. The van der Waals surface area contributed by atoms with Crippen LogP contribution in [0, 0.1) is 5.92 Å². The van der Waals surface area contributed by atoms with E-state index in [-0.39, 0.29) is 17.3 Å². The lowest BCUT2D eigenvalue weighted by Gasteiger charge is -2.38. The molecule has 0 N–H and O–H groups in total. The minimum absolute atomic E-state index is 0.0298. The fourth-order valence-corrected chi connectivity index (χ4v) is 5.37. The van der Waals surface area contributed by atoms with E-state index in [2.05, 4.69) is 6.92 Å². The first-order valence-corrected chi connectivity index (χ1v) is 11.0. The van der Waals surface area contributed by atoms with Crippen molar-refractivity contribution in [1.29, 1.82) is 0 Å². The van der Waals surface area contributed by atoms with Crippen molar-refractivity contribution in [2.45, 2.75) is 30.8 Å². The number of para-hydroxylation sites is 2. The lowest BCUT2D eigenvalue weighted by atomic mass is 10.00. The highest BCUT2D eigenvalue weighted by Gasteiger charge is 2.39. The fourth-order valence-electron chi connectivity index (χ4n) is 3.87. The molecular formula is C21H24N2O4S. The third-order valence-electron chi connectivity index (χ3n) is 5.31. The standard InChI is InChI=1S/C21H24N2O4S/c1-16-8-7-13-22(14-16)21(24)20-15-23(18-11-5-6-12-19(18)27-20)28(25,26)17-9-3-2-4-10-17/h2-6,9-12,16,20H,7-8,13-15H2,1H3/t16-,20+/m1/s1. The van der Waals surface area contributed by atoms with Gasteiger partial charge in [-0.25, -0.2) is 8.42 Å². The van der Waals surface area contributed by atoms with E-state index < -0.39 is 16.1 Å². The van der Waals surface area contributed by atoms with E-state index >= 15 is 0 Å². The van der Waals surface area contributed by atoms with Gasteiger partial charge in [0.05, 0.1) is 17.1 Å². The minimum Gasteiger partial charge on any atom is -0.476 e. The summed E-state index contributed by atoms with van der Waals surface area (Å²) in [5.74, 6) is 0.712. The maximum absolute atomic E-state index is 13.3. The number of carbonyl (C=O) groups is 1. The zero-order valence-electron chi connectivity index (χ0n) is 15.8. The van der Waals surface area contributed by atoms with Crippen LogP contribution < -0.4 is 9.04 Å². The van der Waals surface area contributed by atoms with Crippen LogP contribution in [0.4, 0.5) is 5.69 Å². The summed E-state index contributed by atoms with van der Waals surface area (Å²) in [4.78, 5) is 15.1. The molecule has 28 heavy (non-hydrogen) atoms. The first-order chi connectivity index (χ1) is 13.5. The van der Waals surface area contributed by atoms with E-state index in [9.17, 15) is 13.2 Å². The van der Waals surface area contributed by atoms with E-state index in [1.165, 1.54) is 4.31 Å². The summed E-state index contributed by atoms with van der Waals surface area (Å²) < 4.78 is 33.8. The van der Waals surface area contributed by atoms with Gasteiger partial charge in [-0.15, -0.1) is 0 Å². The maximum atomic E-state index is 13.3. The molecule has 0 radical (unpaired) electrons. The number of carbonyl (C=O) groups excluding carboxylic acids is 1. The monoisotopic (exact) mass is 400 g/mol. The molecule has 1 saturated heterocycles. The van der Waals surface area contributed by atoms with Gasteiger partial charge in [-0.1, -0.05) is 37.3 Å². The number of likely N-dealkylation sites (tertiary alicyclic amines) is 1. The fraction of sp³-hybridized carbons (Fsp3) is 0.381. The van der Waals surface area contributed by atoms with Crippen LogP contribution in [-0.4, -0.2) is 45.0 Å². The Hall–Kier alpha value is -2.54. The van der Waals surface area contributed by atoms with Gasteiger partial charge in [-0.2, -0.15) is 0 Å². The molecule has 2 atom stereocenters. The largest absolute Gasteiger partial charge is 0.476 e. The van der Waals surface area contributed by atoms with Gasteiger partial charge in [0.2, 0.25) is 0 Å². The van der Waals surface area contributed by atoms with Crippen LogP contribution >= 0.6 is 0 Å². The molecule has 0 spiro atoms. The van der Waals surface area contributed by atoms with Crippen molar-refractivity contribution in [3.05, 3.63) is 54.6 Å². The summed E-state index contributed by atoms with van der Waals surface area (Å²) in [5, 5.41) is 0. The van der Waals surface area contributed by atoms with Gasteiger partial charge in [-0.3, -0.25) is 9.10 Å². The van der Waals surface area contributed by atoms with E-state index in [0.29, 0.717) is 30.4 Å². The smallest absolute Gasteiger partial charge is 0.265 e. The molecule has 2 aromatic carbocycles. The van der Waals surface area contributed by atoms with Crippen LogP contribution in [0.5, 0.6) is 5.75 Å². The third kappa shape index (κ3) is 3.46. The average Bonchev–Trinajstić information content (AvgIpc) is 2.73. The summed E-state index contributed by atoms with van der Waals surface area (Å²) in [6.45, 7) is 3.47. The zero-order valence-corrected chi connectivity index (χ0v) is 16.6. The molecular weight excluding hydrogens is 376 g/mol. The molecule has 7 heteroatoms. The van der Waals surface area contributed by atoms with Crippen molar-refractivity contribution in [2.75, 3.05) is 23.9 Å². The number of benzene rings is 2. The predicted octanol–water partition coefficient (Wildman–Crippen LogP) is 2.90. The van der Waals surface area contributed by atoms with Crippen molar-refractivity contribution in [1.82, 2.24) is 4.90 Å². The van der Waals surface area contributed by atoms with E-state index in [1.807, 2.05) is 0 Å². The lowest BCUT2D eigenvalue weighted by Crippen LogP contribution is -2.53. The second-order valence-corrected chi connectivity index (χ2v) is 9.32. The molecule has 1 fully saturated rings. The highest BCUT2D eigenvalue weighted by atomic mass is 32.2. The summed E-state index contributed by atoms with van der Waals surface area (Å²) in [6, 6.07) is 15.3. The molecule has 2 aliphatic heterocycles. The van der Waals surface area contributed by atoms with E-state index in [0.717, 1.165) is 12.8 Å². The van der Waals surface area contributed by atoms with Gasteiger partial charge < -0.3 is 9.64 Å². The number of ether oxygens (including phenoxy) is 1. The van der Waals surface area contributed by atoms with Gasteiger partial charge in [0.25, 0.3) is 15.9 Å². The molecule has 0 saturated carbocycles. The van der Waals surface area contributed by atoms with Crippen LogP contribution in [0.15, 0.2) is 59.5 Å². The molecule has 0 aromatic heterocycles. The zero-order chi connectivity index (χ0) is 19.7. The second kappa shape index (κ2) is 7.47. The summed E-state index contributed by atoms with van der Waals surface area (Å²) in [7, 11) is -3.80. The molecule has 2 aliphatic rings. The topological polar surface area (TPSA) is 66.9 Å². The molecule has 4 rings (SSSR count).